The number of carbonyl (C=O) groups excluding carboxylic acids is 1. The Labute approximate surface area is 121 Å². The van der Waals surface area contributed by atoms with Crippen molar-refractivity contribution in [2.24, 2.45) is 5.73 Å². The summed E-state index contributed by atoms with van der Waals surface area (Å²) in [6.45, 7) is 0. The van der Waals surface area contributed by atoms with Gasteiger partial charge >= 0.3 is 36.1 Å². The summed E-state index contributed by atoms with van der Waals surface area (Å²) in [4.78, 5) is 21.2. The van der Waals surface area contributed by atoms with Crippen molar-refractivity contribution < 1.29 is 58.9 Å². The van der Waals surface area contributed by atoms with Gasteiger partial charge in [-0.25, -0.2) is 0 Å². The fraction of sp³-hybridized carbons (Fsp3) is 0.778. The number of carboxylic acid groups (broad SMARTS) is 1. The number of ether oxygens (including phenoxy) is 1. The summed E-state index contributed by atoms with van der Waals surface area (Å²) < 4.78 is 114. The van der Waals surface area contributed by atoms with Crippen LogP contribution in [0.5, 0.6) is 0 Å². The third-order valence-corrected chi connectivity index (χ3v) is 2.44. The van der Waals surface area contributed by atoms with E-state index in [0.717, 1.165) is 0 Å². The molecule has 136 valence electrons. The molecule has 0 saturated heterocycles. The van der Waals surface area contributed by atoms with E-state index in [1.807, 2.05) is 0 Å². The average Bonchev–Trinajstić information content (AvgIpc) is 2.27. The highest BCUT2D eigenvalue weighted by Gasteiger charge is 2.87. The first-order chi connectivity index (χ1) is 9.97. The summed E-state index contributed by atoms with van der Waals surface area (Å²) in [7, 11) is 0. The van der Waals surface area contributed by atoms with Gasteiger partial charge in [-0.3, -0.25) is 9.59 Å². The largest absolute Gasteiger partial charge is 0.480 e. The maximum atomic E-state index is 12.4. The molecule has 0 aliphatic carbocycles. The van der Waals surface area contributed by atoms with Gasteiger partial charge in [-0.05, 0) is 6.42 Å². The third kappa shape index (κ3) is 4.39. The van der Waals surface area contributed by atoms with Gasteiger partial charge in [-0.15, -0.1) is 0 Å². The van der Waals surface area contributed by atoms with E-state index in [4.69, 9.17) is 10.8 Å². The topological polar surface area (TPSA) is 89.6 Å². The van der Waals surface area contributed by atoms with Crippen LogP contribution in [0, 0.1) is 0 Å². The zero-order chi connectivity index (χ0) is 18.9. The molecule has 5 nitrogen and oxygen atoms in total. The summed E-state index contributed by atoms with van der Waals surface area (Å²) in [6.07, 6.45) is -23.7. The lowest BCUT2D eigenvalue weighted by Gasteiger charge is -2.37. The minimum Gasteiger partial charge on any atom is -0.480 e. The van der Waals surface area contributed by atoms with E-state index in [-0.39, 0.29) is 0 Å². The Kier molecular flexibility index (Phi) is 5.93. The van der Waals surface area contributed by atoms with Crippen molar-refractivity contribution >= 4 is 11.9 Å². The predicted molar refractivity (Wildman–Crippen MR) is 51.8 cm³/mol. The number of carbonyl (C=O) groups is 2. The summed E-state index contributed by atoms with van der Waals surface area (Å²) in [5.41, 5.74) is -1.91. The van der Waals surface area contributed by atoms with Crippen LogP contribution >= 0.6 is 0 Å². The number of aliphatic carboxylic acids is 1. The Bertz CT molecular complexity index is 417. The predicted octanol–water partition coefficient (Wildman–Crippen LogP) is 2.15. The number of rotatable bonds is 5. The number of halogens is 9. The molecule has 0 unspecified atom stereocenters. The van der Waals surface area contributed by atoms with Crippen LogP contribution in [0.15, 0.2) is 0 Å². The summed E-state index contributed by atoms with van der Waals surface area (Å²) in [5, 5.41) is 8.30. The van der Waals surface area contributed by atoms with E-state index in [1.54, 1.807) is 0 Å². The lowest BCUT2D eigenvalue weighted by Crippen LogP contribution is -2.68. The minimum atomic E-state index is -7.05. The molecule has 0 spiro atoms. The quantitative estimate of drug-likeness (QED) is 0.576. The zero-order valence-electron chi connectivity index (χ0n) is 10.6. The molecule has 0 fully saturated rings. The van der Waals surface area contributed by atoms with Crippen molar-refractivity contribution in [1.29, 1.82) is 0 Å². The van der Waals surface area contributed by atoms with Crippen molar-refractivity contribution in [3.8, 4) is 0 Å². The summed E-state index contributed by atoms with van der Waals surface area (Å²) >= 11 is 0. The Morgan fingerprint density at radius 3 is 1.52 bits per heavy atom. The van der Waals surface area contributed by atoms with E-state index in [1.165, 1.54) is 0 Å². The van der Waals surface area contributed by atoms with Gasteiger partial charge in [0.25, 0.3) is 0 Å². The van der Waals surface area contributed by atoms with Crippen LogP contribution in [-0.2, 0) is 14.3 Å². The molecule has 0 bridgehead atoms. The molecule has 14 heteroatoms. The molecule has 3 N–H and O–H groups in total. The molecule has 23 heavy (non-hydrogen) atoms. The first kappa shape index (κ1) is 21.3. The fourth-order valence-electron chi connectivity index (χ4n) is 1.27. The molecule has 0 amide bonds. The van der Waals surface area contributed by atoms with Crippen LogP contribution in [0.2, 0.25) is 0 Å². The van der Waals surface area contributed by atoms with Gasteiger partial charge in [0, 0.05) is 6.42 Å². The Morgan fingerprint density at radius 2 is 1.26 bits per heavy atom. The van der Waals surface area contributed by atoms with Crippen molar-refractivity contribution in [1.82, 2.24) is 0 Å². The second-order valence-electron chi connectivity index (χ2n) is 4.13. The van der Waals surface area contributed by atoms with E-state index in [9.17, 15) is 49.1 Å². The molecule has 0 heterocycles. The number of esters is 1. The van der Waals surface area contributed by atoms with E-state index in [2.05, 4.69) is 4.74 Å². The molecule has 0 aromatic heterocycles. The maximum Gasteiger partial charge on any atom is 0.447 e. The monoisotopic (exact) mass is 365 g/mol. The van der Waals surface area contributed by atoms with Crippen LogP contribution in [0.3, 0.4) is 0 Å². The molecule has 0 radical (unpaired) electrons. The number of carboxylic acids is 1. The van der Waals surface area contributed by atoms with E-state index in [0.29, 0.717) is 0 Å². The molecule has 0 aliphatic rings. The molecule has 0 saturated carbocycles. The molecular weight excluding hydrogens is 357 g/mol. The molecule has 0 aromatic carbocycles. The van der Waals surface area contributed by atoms with Crippen molar-refractivity contribution in [2.75, 3.05) is 0 Å². The standard InChI is InChI=1S/C9H8F9NO4/c10-7(11,12)6(8(13,14)15,9(16,17)18)23-4(20)2-1-3(19)5(21)22/h3H,1-2,19H2,(H,21,22)/t3-/m0/s1. The van der Waals surface area contributed by atoms with Gasteiger partial charge in [0.05, 0.1) is 0 Å². The Morgan fingerprint density at radius 1 is 0.913 bits per heavy atom. The van der Waals surface area contributed by atoms with Crippen LogP contribution < -0.4 is 5.73 Å². The SMILES string of the molecule is N[C@@H](CCC(=O)OC(C(F)(F)F)(C(F)(F)F)C(F)(F)F)C(=O)O. The lowest BCUT2D eigenvalue weighted by atomic mass is 10.0. The molecule has 0 rings (SSSR count). The van der Waals surface area contributed by atoms with Gasteiger partial charge in [0.15, 0.2) is 0 Å². The second-order valence-corrected chi connectivity index (χ2v) is 4.13. The summed E-state index contributed by atoms with van der Waals surface area (Å²) in [5.74, 6) is -4.33. The van der Waals surface area contributed by atoms with Crippen molar-refractivity contribution in [2.45, 2.75) is 43.0 Å². The first-order valence-electron chi connectivity index (χ1n) is 5.37. The Hall–Kier alpha value is -1.73. The smallest absolute Gasteiger partial charge is 0.447 e. The highest BCUT2D eigenvalue weighted by molar-refractivity contribution is 5.75. The van der Waals surface area contributed by atoms with Gasteiger partial charge in [-0.1, -0.05) is 0 Å². The number of nitrogens with two attached hydrogens (primary N) is 1. The summed E-state index contributed by atoms with van der Waals surface area (Å²) in [6, 6.07) is -1.89. The maximum absolute atomic E-state index is 12.4. The first-order valence-corrected chi connectivity index (χ1v) is 5.37. The van der Waals surface area contributed by atoms with E-state index >= 15 is 0 Å². The van der Waals surface area contributed by atoms with Crippen LogP contribution in [0.25, 0.3) is 0 Å². The van der Waals surface area contributed by atoms with Gasteiger partial charge < -0.3 is 15.6 Å². The zero-order valence-corrected chi connectivity index (χ0v) is 10.6. The molecule has 0 aromatic rings. The Balaban J connectivity index is 5.59. The number of hydrogen-bond donors (Lipinski definition) is 2. The molecule has 0 aliphatic heterocycles. The van der Waals surface area contributed by atoms with Crippen LogP contribution in [0.1, 0.15) is 12.8 Å². The average molecular weight is 365 g/mol. The van der Waals surface area contributed by atoms with Crippen LogP contribution in [0.4, 0.5) is 39.5 Å². The van der Waals surface area contributed by atoms with Gasteiger partial charge in [0.2, 0.25) is 0 Å². The van der Waals surface area contributed by atoms with Gasteiger partial charge in [-0.2, -0.15) is 39.5 Å². The number of hydrogen-bond acceptors (Lipinski definition) is 4. The highest BCUT2D eigenvalue weighted by atomic mass is 19.4. The number of alkyl halides is 9. The van der Waals surface area contributed by atoms with Gasteiger partial charge in [0.1, 0.15) is 6.04 Å². The van der Waals surface area contributed by atoms with Crippen LogP contribution in [-0.4, -0.2) is 47.2 Å². The molecule has 1 atom stereocenters. The second kappa shape index (κ2) is 6.41. The highest BCUT2D eigenvalue weighted by Crippen LogP contribution is 2.55. The normalized spacial score (nSPS) is 15.2. The lowest BCUT2D eigenvalue weighted by molar-refractivity contribution is -0.446. The van der Waals surface area contributed by atoms with Crippen molar-refractivity contribution in [3.63, 3.8) is 0 Å². The van der Waals surface area contributed by atoms with E-state index < -0.39 is 55.0 Å². The fourth-order valence-corrected chi connectivity index (χ4v) is 1.27. The molecular formula is C9H8F9NO4. The third-order valence-electron chi connectivity index (χ3n) is 2.44. The minimum absolute atomic E-state index is 1.03. The van der Waals surface area contributed by atoms with Crippen molar-refractivity contribution in [3.05, 3.63) is 0 Å².